The maximum Gasteiger partial charge on any atom is 0.0712 e. The molecule has 11 aromatic rings. The minimum Gasteiger partial charge on any atom is -0.309 e. The van der Waals surface area contributed by atoms with Crippen LogP contribution in [0.2, 0.25) is 0 Å². The zero-order chi connectivity index (χ0) is 41.5. The molecule has 2 bridgehead atoms. The van der Waals surface area contributed by atoms with Gasteiger partial charge in [0.25, 0.3) is 0 Å². The summed E-state index contributed by atoms with van der Waals surface area (Å²) in [6.07, 6.45) is 0. The smallest absolute Gasteiger partial charge is 0.0712 e. The summed E-state index contributed by atoms with van der Waals surface area (Å²) >= 11 is 0. The van der Waals surface area contributed by atoms with Gasteiger partial charge in [-0.3, -0.25) is 0 Å². The molecule has 10 aromatic carbocycles. The topological polar surface area (TPSA) is 4.93 Å². The minimum atomic E-state index is -0.648. The van der Waals surface area contributed by atoms with Gasteiger partial charge in [0.1, 0.15) is 0 Å². The predicted octanol–water partition coefficient (Wildman–Crippen LogP) is 15.2. The molecule has 0 aliphatic heterocycles. The molecule has 294 valence electrons. The lowest BCUT2D eigenvalue weighted by Gasteiger charge is -2.57. The number of nitrogens with zero attached hydrogens (tertiary/aromatic N) is 1. The van der Waals surface area contributed by atoms with Crippen LogP contribution >= 0.6 is 0 Å². The van der Waals surface area contributed by atoms with Gasteiger partial charge in [-0.25, -0.2) is 0 Å². The van der Waals surface area contributed by atoms with E-state index in [0.717, 1.165) is 5.69 Å². The van der Waals surface area contributed by atoms with Gasteiger partial charge in [-0.15, -0.1) is 0 Å². The van der Waals surface area contributed by atoms with Crippen molar-refractivity contribution in [2.45, 2.75) is 10.8 Å². The Bertz CT molecular complexity index is 3270. The molecule has 1 heteroatoms. The average Bonchev–Trinajstić information content (AvgIpc) is 3.71. The van der Waals surface area contributed by atoms with Crippen molar-refractivity contribution in [3.63, 3.8) is 0 Å². The van der Waals surface area contributed by atoms with E-state index in [1.807, 2.05) is 0 Å². The number of fused-ring (bicyclic) bond motifs is 3. The van der Waals surface area contributed by atoms with Crippen molar-refractivity contribution in [1.29, 1.82) is 0 Å². The molecule has 0 saturated heterocycles. The molecule has 0 saturated carbocycles. The van der Waals surface area contributed by atoms with Gasteiger partial charge < -0.3 is 4.57 Å². The SMILES string of the molecule is c1ccc(-c2ccc3c(c2)C2(c4ccccc4)c4cc(-c5ccccc5)ccc4C3(c3cccc(-n4c5ccccc5c5ccccc54)c3)c3ccc(-c4ccccc4)cc32)cc1. The first kappa shape index (κ1) is 35.7. The van der Waals surface area contributed by atoms with Gasteiger partial charge in [0, 0.05) is 16.5 Å². The number of aromatic nitrogens is 1. The highest BCUT2D eigenvalue weighted by Crippen LogP contribution is 2.67. The van der Waals surface area contributed by atoms with Gasteiger partial charge in [-0.05, 0) is 120 Å². The number of hydrogen-bond donors (Lipinski definition) is 0. The summed E-state index contributed by atoms with van der Waals surface area (Å²) in [6.45, 7) is 0. The van der Waals surface area contributed by atoms with E-state index >= 15 is 0 Å². The molecule has 0 atom stereocenters. The molecule has 0 radical (unpaired) electrons. The Kier molecular flexibility index (Phi) is 7.80. The van der Waals surface area contributed by atoms with Crippen molar-refractivity contribution in [3.8, 4) is 39.1 Å². The van der Waals surface area contributed by atoms with Gasteiger partial charge >= 0.3 is 0 Å². The highest BCUT2D eigenvalue weighted by Gasteiger charge is 2.60. The van der Waals surface area contributed by atoms with E-state index in [0.29, 0.717) is 0 Å². The second kappa shape index (κ2) is 13.8. The first-order valence-electron chi connectivity index (χ1n) is 22.0. The summed E-state index contributed by atoms with van der Waals surface area (Å²) in [5.41, 5.74) is 20.0. The molecule has 1 heterocycles. The Labute approximate surface area is 367 Å². The summed E-state index contributed by atoms with van der Waals surface area (Å²) in [4.78, 5) is 0. The number of rotatable bonds is 6. The second-order valence-electron chi connectivity index (χ2n) is 17.2. The van der Waals surface area contributed by atoms with Crippen molar-refractivity contribution in [1.82, 2.24) is 4.57 Å². The van der Waals surface area contributed by atoms with Crippen molar-refractivity contribution >= 4 is 21.8 Å². The molecule has 3 aliphatic carbocycles. The van der Waals surface area contributed by atoms with E-state index in [1.165, 1.54) is 99.7 Å². The van der Waals surface area contributed by atoms with Crippen LogP contribution in [-0.4, -0.2) is 4.57 Å². The number of hydrogen-bond acceptors (Lipinski definition) is 0. The number of para-hydroxylation sites is 2. The largest absolute Gasteiger partial charge is 0.309 e. The van der Waals surface area contributed by atoms with Crippen LogP contribution in [0.3, 0.4) is 0 Å². The van der Waals surface area contributed by atoms with E-state index in [1.54, 1.807) is 0 Å². The van der Waals surface area contributed by atoms with Crippen LogP contribution in [0.5, 0.6) is 0 Å². The van der Waals surface area contributed by atoms with E-state index < -0.39 is 10.8 Å². The molecule has 14 rings (SSSR count). The van der Waals surface area contributed by atoms with Crippen molar-refractivity contribution in [2.24, 2.45) is 0 Å². The van der Waals surface area contributed by atoms with Crippen molar-refractivity contribution in [3.05, 3.63) is 293 Å². The highest BCUT2D eigenvalue weighted by atomic mass is 15.0. The fourth-order valence-corrected chi connectivity index (χ4v) is 11.5. The third kappa shape index (κ3) is 4.99. The fraction of sp³-hybridized carbons (Fsp3) is 0.0323. The first-order valence-corrected chi connectivity index (χ1v) is 22.0. The Morgan fingerprint density at radius 3 is 1.05 bits per heavy atom. The van der Waals surface area contributed by atoms with Crippen LogP contribution in [-0.2, 0) is 10.8 Å². The maximum atomic E-state index is 2.53. The molecule has 0 unspecified atom stereocenters. The van der Waals surface area contributed by atoms with Crippen LogP contribution in [0.25, 0.3) is 60.9 Å². The zero-order valence-corrected chi connectivity index (χ0v) is 34.6. The summed E-state index contributed by atoms with van der Waals surface area (Å²) in [6, 6.07) is 93.2. The van der Waals surface area contributed by atoms with Gasteiger partial charge in [0.05, 0.1) is 21.9 Å². The summed E-state index contributed by atoms with van der Waals surface area (Å²) in [7, 11) is 0. The van der Waals surface area contributed by atoms with Gasteiger partial charge in [0.2, 0.25) is 0 Å². The molecule has 1 nitrogen and oxygen atoms in total. The van der Waals surface area contributed by atoms with Crippen LogP contribution in [0.15, 0.2) is 249 Å². The molecular weight excluding hydrogens is 759 g/mol. The Hall–Kier alpha value is -8.00. The molecule has 1 aromatic heterocycles. The first-order chi connectivity index (χ1) is 31.2. The molecule has 0 fully saturated rings. The van der Waals surface area contributed by atoms with E-state index in [9.17, 15) is 0 Å². The lowest BCUT2D eigenvalue weighted by atomic mass is 9.44. The molecule has 0 spiro atoms. The Morgan fingerprint density at radius 2 is 0.603 bits per heavy atom. The highest BCUT2D eigenvalue weighted by molar-refractivity contribution is 6.09. The fourth-order valence-electron chi connectivity index (χ4n) is 11.5. The predicted molar refractivity (Wildman–Crippen MR) is 261 cm³/mol. The minimum absolute atomic E-state index is 0.631. The quantitative estimate of drug-likeness (QED) is 0.158. The van der Waals surface area contributed by atoms with Gasteiger partial charge in [-0.1, -0.05) is 206 Å². The molecule has 0 amide bonds. The third-order valence-corrected chi connectivity index (χ3v) is 14.1. The van der Waals surface area contributed by atoms with Crippen molar-refractivity contribution in [2.75, 3.05) is 0 Å². The zero-order valence-electron chi connectivity index (χ0n) is 34.6. The Balaban J connectivity index is 1.20. The maximum absolute atomic E-state index is 2.53. The number of benzene rings is 10. The monoisotopic (exact) mass is 799 g/mol. The lowest BCUT2D eigenvalue weighted by Crippen LogP contribution is -2.52. The average molecular weight is 800 g/mol. The van der Waals surface area contributed by atoms with Gasteiger partial charge in [-0.2, -0.15) is 0 Å². The molecular formula is C62H41N. The summed E-state index contributed by atoms with van der Waals surface area (Å²) < 4.78 is 2.46. The Morgan fingerprint density at radius 1 is 0.238 bits per heavy atom. The molecule has 3 aliphatic rings. The summed E-state index contributed by atoms with van der Waals surface area (Å²) in [5.74, 6) is 0. The van der Waals surface area contributed by atoms with Crippen LogP contribution in [0.4, 0.5) is 0 Å². The van der Waals surface area contributed by atoms with E-state index in [-0.39, 0.29) is 0 Å². The van der Waals surface area contributed by atoms with Crippen LogP contribution in [0, 0.1) is 0 Å². The second-order valence-corrected chi connectivity index (χ2v) is 17.2. The standard InChI is InChI=1S/C62H41N/c1-5-18-42(19-6-1)45-32-35-53-56(38-45)61(48-24-11-4-12-25-48)57-39-46(43-20-7-2-8-21-43)33-36-54(57)62(53,55-37-34-47(40-58(55)61)44-22-9-3-10-23-44)49-26-17-27-50(41-49)63-59-30-15-13-28-51(59)52-29-14-16-31-60(52)63/h1-41H. The normalized spacial score (nSPS) is 17.0. The van der Waals surface area contributed by atoms with Gasteiger partial charge in [0.15, 0.2) is 0 Å². The van der Waals surface area contributed by atoms with Crippen LogP contribution in [0.1, 0.15) is 44.5 Å². The van der Waals surface area contributed by atoms with E-state index in [4.69, 9.17) is 0 Å². The molecule has 0 N–H and O–H groups in total. The van der Waals surface area contributed by atoms with Crippen LogP contribution < -0.4 is 0 Å². The third-order valence-electron chi connectivity index (χ3n) is 14.1. The summed E-state index contributed by atoms with van der Waals surface area (Å²) in [5, 5.41) is 2.52. The lowest BCUT2D eigenvalue weighted by molar-refractivity contribution is 0.558. The van der Waals surface area contributed by atoms with Crippen molar-refractivity contribution < 1.29 is 0 Å². The van der Waals surface area contributed by atoms with E-state index in [2.05, 4.69) is 253 Å². The molecule has 63 heavy (non-hydrogen) atoms.